The van der Waals surface area contributed by atoms with Crippen molar-refractivity contribution in [2.24, 2.45) is 0 Å². The van der Waals surface area contributed by atoms with Gasteiger partial charge in [0.05, 0.1) is 10.3 Å². The minimum absolute atomic E-state index is 0.0768. The van der Waals surface area contributed by atoms with Crippen LogP contribution in [0.2, 0.25) is 0 Å². The lowest BCUT2D eigenvalue weighted by molar-refractivity contribution is -0.384. The van der Waals surface area contributed by atoms with Gasteiger partial charge in [-0.05, 0) is 18.6 Å². The van der Waals surface area contributed by atoms with Gasteiger partial charge < -0.3 is 10.6 Å². The molecule has 1 aromatic carbocycles. The van der Waals surface area contributed by atoms with Crippen molar-refractivity contribution in [3.8, 4) is 0 Å². The average molecular weight is 356 g/mol. The summed E-state index contributed by atoms with van der Waals surface area (Å²) in [6, 6.07) is 5.10. The number of nitro groups is 1. The average Bonchev–Trinajstić information content (AvgIpc) is 2.58. The Bertz CT molecular complexity index is 577. The van der Waals surface area contributed by atoms with Gasteiger partial charge in [-0.1, -0.05) is 20.3 Å². The second-order valence-corrected chi connectivity index (χ2v) is 5.91. The van der Waals surface area contributed by atoms with E-state index in [1.54, 1.807) is 6.92 Å². The van der Waals surface area contributed by atoms with E-state index < -0.39 is 10.3 Å². The Morgan fingerprint density at radius 2 is 1.88 bits per heavy atom. The highest BCUT2D eigenvalue weighted by molar-refractivity contribution is 6.21. The number of carbonyl (C=O) groups excluding carboxylic acids is 2. The molecule has 1 unspecified atom stereocenters. The van der Waals surface area contributed by atoms with E-state index in [-0.39, 0.29) is 30.1 Å². The quantitative estimate of drug-likeness (QED) is 0.404. The summed E-state index contributed by atoms with van der Waals surface area (Å²) in [4.78, 5) is 33.7. The molecule has 0 heterocycles. The third-order valence-corrected chi connectivity index (χ3v) is 3.96. The molecule has 0 aliphatic heterocycles. The fraction of sp³-hybridized carbons (Fsp3) is 0.500. The Morgan fingerprint density at radius 1 is 1.25 bits per heavy atom. The van der Waals surface area contributed by atoms with Crippen LogP contribution in [0.3, 0.4) is 0 Å². The summed E-state index contributed by atoms with van der Waals surface area (Å²) in [5.41, 5.74) is 0.237. The molecule has 0 aliphatic carbocycles. The lowest BCUT2D eigenvalue weighted by Gasteiger charge is -2.23. The van der Waals surface area contributed by atoms with E-state index in [2.05, 4.69) is 10.6 Å². The molecule has 1 rings (SSSR count). The maximum atomic E-state index is 12.1. The zero-order valence-corrected chi connectivity index (χ0v) is 14.5. The molecule has 0 bridgehead atoms. The Hall–Kier alpha value is -2.15. The van der Waals surface area contributed by atoms with E-state index in [0.29, 0.717) is 18.4 Å². The van der Waals surface area contributed by atoms with Gasteiger partial charge >= 0.3 is 0 Å². The standard InChI is InChI=1S/C16H22ClN3O4/c1-3-5-14(19-15(21)4-2)13(17)10-18-16(22)11-6-8-12(9-7-11)20(23)24/h6-9,13-14H,3-5,10H2,1-2H3,(H,18,22)(H,19,21)/t13-,14?/m1/s1. The minimum Gasteiger partial charge on any atom is -0.352 e. The molecule has 2 amide bonds. The summed E-state index contributed by atoms with van der Waals surface area (Å²) in [7, 11) is 0. The van der Waals surface area contributed by atoms with E-state index in [4.69, 9.17) is 11.6 Å². The number of nitro benzene ring substituents is 1. The molecule has 2 atom stereocenters. The van der Waals surface area contributed by atoms with Crippen LogP contribution in [0.5, 0.6) is 0 Å². The number of alkyl halides is 1. The normalized spacial score (nSPS) is 13.0. The topological polar surface area (TPSA) is 101 Å². The highest BCUT2D eigenvalue weighted by atomic mass is 35.5. The smallest absolute Gasteiger partial charge is 0.269 e. The summed E-state index contributed by atoms with van der Waals surface area (Å²) in [5.74, 6) is -0.451. The number of hydrogen-bond acceptors (Lipinski definition) is 4. The molecule has 7 nitrogen and oxygen atoms in total. The van der Waals surface area contributed by atoms with Crippen LogP contribution in [0, 0.1) is 10.1 Å². The van der Waals surface area contributed by atoms with Crippen LogP contribution < -0.4 is 10.6 Å². The number of rotatable bonds is 9. The highest BCUT2D eigenvalue weighted by Gasteiger charge is 2.21. The molecule has 0 aromatic heterocycles. The predicted molar refractivity (Wildman–Crippen MR) is 92.2 cm³/mol. The maximum absolute atomic E-state index is 12.1. The zero-order chi connectivity index (χ0) is 18.1. The van der Waals surface area contributed by atoms with Crippen molar-refractivity contribution in [3.05, 3.63) is 39.9 Å². The molecule has 0 saturated carbocycles. The fourth-order valence-electron chi connectivity index (χ4n) is 2.13. The highest BCUT2D eigenvalue weighted by Crippen LogP contribution is 2.13. The molecule has 2 N–H and O–H groups in total. The van der Waals surface area contributed by atoms with Crippen molar-refractivity contribution in [2.75, 3.05) is 6.54 Å². The second-order valence-electron chi connectivity index (χ2n) is 5.35. The molecule has 1 aromatic rings. The van der Waals surface area contributed by atoms with Crippen molar-refractivity contribution in [3.63, 3.8) is 0 Å². The first kappa shape index (κ1) is 19.9. The Labute approximate surface area is 145 Å². The number of benzene rings is 1. The van der Waals surface area contributed by atoms with Crippen molar-refractivity contribution in [2.45, 2.75) is 44.5 Å². The van der Waals surface area contributed by atoms with Crippen molar-refractivity contribution in [1.29, 1.82) is 0 Å². The summed E-state index contributed by atoms with van der Waals surface area (Å²) in [5, 5.41) is 15.7. The maximum Gasteiger partial charge on any atom is 0.269 e. The Balaban J connectivity index is 2.59. The Morgan fingerprint density at radius 3 is 2.38 bits per heavy atom. The summed E-state index contributed by atoms with van der Waals surface area (Å²) >= 11 is 6.31. The number of halogens is 1. The Kier molecular flexibility index (Phi) is 8.18. The number of carbonyl (C=O) groups is 2. The van der Waals surface area contributed by atoms with Gasteiger partial charge in [0.15, 0.2) is 0 Å². The third-order valence-electron chi connectivity index (χ3n) is 3.50. The van der Waals surface area contributed by atoms with Crippen LogP contribution in [-0.2, 0) is 4.79 Å². The SMILES string of the molecule is CCCC(NC(=O)CC)[C@H](Cl)CNC(=O)c1ccc([N+](=O)[O-])cc1. The van der Waals surface area contributed by atoms with Crippen LogP contribution in [-0.4, -0.2) is 34.7 Å². The van der Waals surface area contributed by atoms with Crippen molar-refractivity contribution >= 4 is 29.1 Å². The van der Waals surface area contributed by atoms with Gasteiger partial charge in [0, 0.05) is 36.7 Å². The van der Waals surface area contributed by atoms with Crippen LogP contribution in [0.15, 0.2) is 24.3 Å². The lowest BCUT2D eigenvalue weighted by Crippen LogP contribution is -2.45. The van der Waals surface area contributed by atoms with Gasteiger partial charge in [0.25, 0.3) is 11.6 Å². The van der Waals surface area contributed by atoms with Crippen LogP contribution in [0.1, 0.15) is 43.5 Å². The van der Waals surface area contributed by atoms with Gasteiger partial charge in [0.2, 0.25) is 5.91 Å². The van der Waals surface area contributed by atoms with E-state index in [1.807, 2.05) is 6.92 Å². The number of non-ortho nitro benzene ring substituents is 1. The van der Waals surface area contributed by atoms with Gasteiger partial charge in [0.1, 0.15) is 0 Å². The van der Waals surface area contributed by atoms with E-state index >= 15 is 0 Å². The lowest BCUT2D eigenvalue weighted by atomic mass is 10.1. The van der Waals surface area contributed by atoms with E-state index in [1.165, 1.54) is 24.3 Å². The number of nitrogens with one attached hydrogen (secondary N) is 2. The number of hydrogen-bond donors (Lipinski definition) is 2. The number of nitrogens with zero attached hydrogens (tertiary/aromatic N) is 1. The van der Waals surface area contributed by atoms with Gasteiger partial charge in [-0.25, -0.2) is 0 Å². The second kappa shape index (κ2) is 9.87. The third kappa shape index (κ3) is 6.16. The van der Waals surface area contributed by atoms with Gasteiger partial charge in [-0.2, -0.15) is 0 Å². The van der Waals surface area contributed by atoms with Crippen LogP contribution in [0.4, 0.5) is 5.69 Å². The van der Waals surface area contributed by atoms with Gasteiger partial charge in [-0.15, -0.1) is 11.6 Å². The largest absolute Gasteiger partial charge is 0.352 e. The molecule has 24 heavy (non-hydrogen) atoms. The summed E-state index contributed by atoms with van der Waals surface area (Å²) in [6.07, 6.45) is 1.94. The van der Waals surface area contributed by atoms with Crippen molar-refractivity contribution < 1.29 is 14.5 Å². The van der Waals surface area contributed by atoms with Gasteiger partial charge in [-0.3, -0.25) is 19.7 Å². The molecule has 0 aliphatic rings. The molecule has 8 heteroatoms. The first-order valence-electron chi connectivity index (χ1n) is 7.85. The zero-order valence-electron chi connectivity index (χ0n) is 13.8. The summed E-state index contributed by atoms with van der Waals surface area (Å²) in [6.45, 7) is 3.94. The minimum atomic E-state index is -0.526. The summed E-state index contributed by atoms with van der Waals surface area (Å²) < 4.78 is 0. The first-order valence-corrected chi connectivity index (χ1v) is 8.28. The van der Waals surface area contributed by atoms with Crippen LogP contribution in [0.25, 0.3) is 0 Å². The molecular formula is C16H22ClN3O4. The first-order chi connectivity index (χ1) is 11.4. The van der Waals surface area contributed by atoms with Crippen molar-refractivity contribution in [1.82, 2.24) is 10.6 Å². The molecule has 0 radical (unpaired) electrons. The van der Waals surface area contributed by atoms with E-state index in [9.17, 15) is 19.7 Å². The molecule has 0 fully saturated rings. The fourth-order valence-corrected chi connectivity index (χ4v) is 2.40. The van der Waals surface area contributed by atoms with Crippen LogP contribution >= 0.6 is 11.6 Å². The molecule has 0 saturated heterocycles. The monoisotopic (exact) mass is 355 g/mol. The molecule has 0 spiro atoms. The number of amides is 2. The molecular weight excluding hydrogens is 334 g/mol. The predicted octanol–water partition coefficient (Wildman–Crippen LogP) is 2.63. The molecule has 132 valence electrons. The van der Waals surface area contributed by atoms with E-state index in [0.717, 1.165) is 6.42 Å².